The Morgan fingerprint density at radius 3 is 2.70 bits per heavy atom. The van der Waals surface area contributed by atoms with Crippen LogP contribution in [0.15, 0.2) is 34.9 Å². The topological polar surface area (TPSA) is 43.6 Å². The lowest BCUT2D eigenvalue weighted by atomic mass is 10.0. The molecular weight excluding hydrogens is 278 g/mol. The molecule has 3 rings (SSSR count). The Labute approximate surface area is 122 Å². The Kier molecular flexibility index (Phi) is 3.85. The highest BCUT2D eigenvalue weighted by Gasteiger charge is 2.21. The van der Waals surface area contributed by atoms with Gasteiger partial charge in [0.05, 0.1) is 12.3 Å². The Bertz CT molecular complexity index is 597. The molecule has 0 bridgehead atoms. The zero-order valence-corrected chi connectivity index (χ0v) is 11.9. The van der Waals surface area contributed by atoms with Crippen LogP contribution >= 0.6 is 11.6 Å². The molecule has 1 aliphatic heterocycles. The minimum Gasteiger partial charge on any atom is -0.486 e. The average Bonchev–Trinajstić information content (AvgIpc) is 2.90. The van der Waals surface area contributed by atoms with Crippen LogP contribution in [-0.2, 0) is 0 Å². The molecule has 0 fully saturated rings. The molecule has 1 aliphatic rings. The molecule has 1 atom stereocenters. The molecule has 4 nitrogen and oxygen atoms in total. The average molecular weight is 294 g/mol. The maximum absolute atomic E-state index is 6.10. The standard InChI is InChI=1S/C15H16ClNO3/c1-2-17-14(11-5-6-20-15(11)16)10-3-4-12-13(9-10)19-8-7-18-12/h3-6,9,14,17H,2,7-8H2,1H3. The monoisotopic (exact) mass is 293 g/mol. The fourth-order valence-corrected chi connectivity index (χ4v) is 2.58. The second-order valence-electron chi connectivity index (χ2n) is 4.54. The summed E-state index contributed by atoms with van der Waals surface area (Å²) >= 11 is 6.10. The smallest absolute Gasteiger partial charge is 0.198 e. The molecule has 0 radical (unpaired) electrons. The highest BCUT2D eigenvalue weighted by molar-refractivity contribution is 6.29. The van der Waals surface area contributed by atoms with E-state index in [1.54, 1.807) is 6.26 Å². The van der Waals surface area contributed by atoms with Crippen LogP contribution in [-0.4, -0.2) is 19.8 Å². The van der Waals surface area contributed by atoms with E-state index in [0.717, 1.165) is 29.2 Å². The lowest BCUT2D eigenvalue weighted by Gasteiger charge is -2.22. The van der Waals surface area contributed by atoms with Gasteiger partial charge in [0.2, 0.25) is 0 Å². The molecule has 1 aromatic carbocycles. The van der Waals surface area contributed by atoms with E-state index in [0.29, 0.717) is 18.4 Å². The van der Waals surface area contributed by atoms with Crippen molar-refractivity contribution >= 4 is 11.6 Å². The molecule has 2 heterocycles. The third kappa shape index (κ3) is 2.49. The summed E-state index contributed by atoms with van der Waals surface area (Å²) in [5, 5.41) is 3.82. The van der Waals surface area contributed by atoms with Crippen molar-refractivity contribution in [1.82, 2.24) is 5.32 Å². The van der Waals surface area contributed by atoms with Crippen LogP contribution in [0.3, 0.4) is 0 Å². The Morgan fingerprint density at radius 1 is 1.20 bits per heavy atom. The molecule has 20 heavy (non-hydrogen) atoms. The number of hydrogen-bond acceptors (Lipinski definition) is 4. The van der Waals surface area contributed by atoms with Crippen LogP contribution in [0.2, 0.25) is 5.22 Å². The first-order valence-corrected chi connectivity index (χ1v) is 7.03. The molecule has 0 saturated carbocycles. The molecule has 0 aliphatic carbocycles. The van der Waals surface area contributed by atoms with Crippen molar-refractivity contribution in [2.75, 3.05) is 19.8 Å². The third-order valence-electron chi connectivity index (χ3n) is 3.26. The Morgan fingerprint density at radius 2 is 2.00 bits per heavy atom. The Hall–Kier alpha value is -1.65. The van der Waals surface area contributed by atoms with Gasteiger partial charge in [0.25, 0.3) is 0 Å². The maximum atomic E-state index is 6.10. The van der Waals surface area contributed by atoms with Crippen LogP contribution in [0.4, 0.5) is 0 Å². The first kappa shape index (κ1) is 13.3. The van der Waals surface area contributed by atoms with Crippen LogP contribution in [0, 0.1) is 0 Å². The van der Waals surface area contributed by atoms with E-state index in [2.05, 4.69) is 12.2 Å². The maximum Gasteiger partial charge on any atom is 0.198 e. The van der Waals surface area contributed by atoms with Crippen molar-refractivity contribution in [3.8, 4) is 11.5 Å². The van der Waals surface area contributed by atoms with Gasteiger partial charge >= 0.3 is 0 Å². The van der Waals surface area contributed by atoms with E-state index < -0.39 is 0 Å². The van der Waals surface area contributed by atoms with Crippen molar-refractivity contribution in [2.24, 2.45) is 0 Å². The minimum absolute atomic E-state index is 0.0259. The van der Waals surface area contributed by atoms with Gasteiger partial charge in [0.1, 0.15) is 13.2 Å². The van der Waals surface area contributed by atoms with Gasteiger partial charge in [-0.25, -0.2) is 0 Å². The van der Waals surface area contributed by atoms with Gasteiger partial charge in [0, 0.05) is 5.56 Å². The number of hydrogen-bond donors (Lipinski definition) is 1. The number of nitrogens with one attached hydrogen (secondary N) is 1. The van der Waals surface area contributed by atoms with Crippen molar-refractivity contribution < 1.29 is 13.9 Å². The second kappa shape index (κ2) is 5.77. The van der Waals surface area contributed by atoms with E-state index in [1.807, 2.05) is 24.3 Å². The van der Waals surface area contributed by atoms with Crippen LogP contribution in [0.5, 0.6) is 11.5 Å². The van der Waals surface area contributed by atoms with Crippen molar-refractivity contribution in [1.29, 1.82) is 0 Å². The largest absolute Gasteiger partial charge is 0.486 e. The number of ether oxygens (including phenoxy) is 2. The molecule has 0 amide bonds. The first-order chi connectivity index (χ1) is 9.79. The number of fused-ring (bicyclic) bond motifs is 1. The third-order valence-corrected chi connectivity index (χ3v) is 3.57. The summed E-state index contributed by atoms with van der Waals surface area (Å²) < 4.78 is 16.4. The van der Waals surface area contributed by atoms with E-state index >= 15 is 0 Å². The number of furan rings is 1. The number of benzene rings is 1. The SMILES string of the molecule is CCNC(c1ccc2c(c1)OCCO2)c1ccoc1Cl. The summed E-state index contributed by atoms with van der Waals surface area (Å²) in [4.78, 5) is 0. The van der Waals surface area contributed by atoms with Crippen LogP contribution in [0.1, 0.15) is 24.1 Å². The highest BCUT2D eigenvalue weighted by atomic mass is 35.5. The fraction of sp³-hybridized carbons (Fsp3) is 0.333. The van der Waals surface area contributed by atoms with Gasteiger partial charge in [-0.2, -0.15) is 0 Å². The van der Waals surface area contributed by atoms with Gasteiger partial charge in [-0.15, -0.1) is 0 Å². The molecule has 5 heteroatoms. The van der Waals surface area contributed by atoms with Gasteiger partial charge in [-0.3, -0.25) is 0 Å². The lowest BCUT2D eigenvalue weighted by Crippen LogP contribution is -2.22. The summed E-state index contributed by atoms with van der Waals surface area (Å²) in [6, 6.07) is 7.80. The fourth-order valence-electron chi connectivity index (χ4n) is 2.36. The molecule has 0 saturated heterocycles. The van der Waals surface area contributed by atoms with Crippen LogP contribution in [0.25, 0.3) is 0 Å². The highest BCUT2D eigenvalue weighted by Crippen LogP contribution is 2.36. The Balaban J connectivity index is 1.97. The zero-order chi connectivity index (χ0) is 13.9. The molecular formula is C15H16ClNO3. The number of rotatable bonds is 4. The summed E-state index contributed by atoms with van der Waals surface area (Å²) in [7, 11) is 0. The molecule has 1 unspecified atom stereocenters. The quantitative estimate of drug-likeness (QED) is 0.938. The normalized spacial score (nSPS) is 15.1. The second-order valence-corrected chi connectivity index (χ2v) is 4.89. The predicted molar refractivity (Wildman–Crippen MR) is 76.7 cm³/mol. The number of halogens is 1. The van der Waals surface area contributed by atoms with Gasteiger partial charge in [-0.1, -0.05) is 13.0 Å². The van der Waals surface area contributed by atoms with E-state index in [1.165, 1.54) is 0 Å². The van der Waals surface area contributed by atoms with E-state index in [-0.39, 0.29) is 6.04 Å². The van der Waals surface area contributed by atoms with Gasteiger partial charge < -0.3 is 19.2 Å². The molecule has 106 valence electrons. The van der Waals surface area contributed by atoms with Crippen LogP contribution < -0.4 is 14.8 Å². The first-order valence-electron chi connectivity index (χ1n) is 6.65. The zero-order valence-electron chi connectivity index (χ0n) is 11.2. The van der Waals surface area contributed by atoms with E-state index in [4.69, 9.17) is 25.5 Å². The van der Waals surface area contributed by atoms with E-state index in [9.17, 15) is 0 Å². The van der Waals surface area contributed by atoms with Crippen molar-refractivity contribution in [2.45, 2.75) is 13.0 Å². The summed E-state index contributed by atoms with van der Waals surface area (Å²) in [6.45, 7) is 4.05. The molecule has 1 N–H and O–H groups in total. The molecule has 1 aromatic heterocycles. The minimum atomic E-state index is -0.0259. The van der Waals surface area contributed by atoms with Crippen molar-refractivity contribution in [3.05, 3.63) is 46.9 Å². The lowest BCUT2D eigenvalue weighted by molar-refractivity contribution is 0.171. The molecule has 0 spiro atoms. The summed E-state index contributed by atoms with van der Waals surface area (Å²) in [6.07, 6.45) is 1.60. The summed E-state index contributed by atoms with van der Waals surface area (Å²) in [5.41, 5.74) is 1.99. The summed E-state index contributed by atoms with van der Waals surface area (Å²) in [5.74, 6) is 1.56. The molecule has 2 aromatic rings. The predicted octanol–water partition coefficient (Wildman–Crippen LogP) is 3.40. The van der Waals surface area contributed by atoms with Gasteiger partial charge in [0.15, 0.2) is 16.7 Å². The van der Waals surface area contributed by atoms with Crippen molar-refractivity contribution in [3.63, 3.8) is 0 Å². The van der Waals surface area contributed by atoms with Gasteiger partial charge in [-0.05, 0) is 41.9 Å².